The van der Waals surface area contributed by atoms with Crippen LogP contribution in [0.5, 0.6) is 0 Å². The molecule has 0 aromatic carbocycles. The molecular formula is C12H24N2O3. The molecule has 0 bridgehead atoms. The minimum absolute atomic E-state index is 0.0902. The second-order valence-corrected chi connectivity index (χ2v) is 4.77. The van der Waals surface area contributed by atoms with Crippen LogP contribution in [0.3, 0.4) is 0 Å². The summed E-state index contributed by atoms with van der Waals surface area (Å²) in [5.74, 6) is -0.318. The Bertz CT molecular complexity index is 248. The SMILES string of the molecule is CCOC(=O)CC(O)CN1CCN(C)CC1C. The zero-order valence-electron chi connectivity index (χ0n) is 11.1. The molecular weight excluding hydrogens is 220 g/mol. The third-order valence-electron chi connectivity index (χ3n) is 3.12. The van der Waals surface area contributed by atoms with Gasteiger partial charge >= 0.3 is 5.97 Å². The maximum atomic E-state index is 11.2. The number of rotatable bonds is 5. The lowest BCUT2D eigenvalue weighted by molar-refractivity contribution is -0.145. The van der Waals surface area contributed by atoms with Gasteiger partial charge in [-0.2, -0.15) is 0 Å². The Kier molecular flexibility index (Phi) is 5.88. The van der Waals surface area contributed by atoms with Crippen molar-refractivity contribution in [1.82, 2.24) is 9.80 Å². The summed E-state index contributed by atoms with van der Waals surface area (Å²) in [6.45, 7) is 7.80. The van der Waals surface area contributed by atoms with E-state index < -0.39 is 6.10 Å². The van der Waals surface area contributed by atoms with Gasteiger partial charge in [0.1, 0.15) is 0 Å². The topological polar surface area (TPSA) is 53.0 Å². The molecule has 1 N–H and O–H groups in total. The summed E-state index contributed by atoms with van der Waals surface area (Å²) in [6.07, 6.45) is -0.535. The summed E-state index contributed by atoms with van der Waals surface area (Å²) in [6, 6.07) is 0.422. The first-order chi connectivity index (χ1) is 8.02. The number of hydrogen-bond acceptors (Lipinski definition) is 5. The van der Waals surface area contributed by atoms with Crippen LogP contribution >= 0.6 is 0 Å². The van der Waals surface area contributed by atoms with E-state index in [1.54, 1.807) is 6.92 Å². The molecule has 2 unspecified atom stereocenters. The molecule has 1 aliphatic rings. The molecule has 0 radical (unpaired) electrons. The third-order valence-corrected chi connectivity index (χ3v) is 3.12. The van der Waals surface area contributed by atoms with Crippen LogP contribution in [0.1, 0.15) is 20.3 Å². The number of carbonyl (C=O) groups excluding carboxylic acids is 1. The van der Waals surface area contributed by atoms with E-state index in [2.05, 4.69) is 23.8 Å². The Hall–Kier alpha value is -0.650. The molecule has 0 aliphatic carbocycles. The summed E-state index contributed by atoms with van der Waals surface area (Å²) >= 11 is 0. The van der Waals surface area contributed by atoms with E-state index in [4.69, 9.17) is 4.74 Å². The fraction of sp³-hybridized carbons (Fsp3) is 0.917. The molecule has 1 heterocycles. The van der Waals surface area contributed by atoms with E-state index in [1.165, 1.54) is 0 Å². The zero-order valence-corrected chi connectivity index (χ0v) is 11.1. The van der Waals surface area contributed by atoms with E-state index in [1.807, 2.05) is 0 Å². The third kappa shape index (κ3) is 5.02. The maximum Gasteiger partial charge on any atom is 0.308 e. The standard InChI is InChI=1S/C12H24N2O3/c1-4-17-12(16)7-11(15)9-14-6-5-13(3)8-10(14)2/h10-11,15H,4-9H2,1-3H3. The monoisotopic (exact) mass is 244 g/mol. The molecule has 0 saturated carbocycles. The van der Waals surface area contributed by atoms with E-state index in [0.29, 0.717) is 19.2 Å². The lowest BCUT2D eigenvalue weighted by Crippen LogP contribution is -2.52. The van der Waals surface area contributed by atoms with Crippen molar-refractivity contribution in [1.29, 1.82) is 0 Å². The first kappa shape index (κ1) is 14.4. The minimum Gasteiger partial charge on any atom is -0.466 e. The summed E-state index contributed by atoms with van der Waals surface area (Å²) in [5.41, 5.74) is 0. The van der Waals surface area contributed by atoms with Crippen LogP contribution < -0.4 is 0 Å². The second-order valence-electron chi connectivity index (χ2n) is 4.77. The smallest absolute Gasteiger partial charge is 0.308 e. The first-order valence-electron chi connectivity index (χ1n) is 6.29. The summed E-state index contributed by atoms with van der Waals surface area (Å²) in [5, 5.41) is 9.83. The quantitative estimate of drug-likeness (QED) is 0.687. The van der Waals surface area contributed by atoms with Crippen molar-refractivity contribution in [3.05, 3.63) is 0 Å². The highest BCUT2D eigenvalue weighted by Crippen LogP contribution is 2.09. The average Bonchev–Trinajstić information content (AvgIpc) is 2.22. The number of esters is 1. The molecule has 1 rings (SSSR count). The molecule has 5 heteroatoms. The van der Waals surface area contributed by atoms with E-state index in [0.717, 1.165) is 19.6 Å². The van der Waals surface area contributed by atoms with Crippen molar-refractivity contribution >= 4 is 5.97 Å². The Balaban J connectivity index is 2.30. The van der Waals surface area contributed by atoms with Gasteiger partial charge in [0.15, 0.2) is 0 Å². The first-order valence-corrected chi connectivity index (χ1v) is 6.29. The number of likely N-dealkylation sites (N-methyl/N-ethyl adjacent to an activating group) is 1. The van der Waals surface area contributed by atoms with Gasteiger partial charge in [0.05, 0.1) is 19.1 Å². The van der Waals surface area contributed by atoms with Gasteiger partial charge in [-0.15, -0.1) is 0 Å². The molecule has 0 spiro atoms. The number of piperazine rings is 1. The largest absolute Gasteiger partial charge is 0.466 e. The highest BCUT2D eigenvalue weighted by molar-refractivity contribution is 5.69. The minimum atomic E-state index is -0.625. The van der Waals surface area contributed by atoms with E-state index in [-0.39, 0.29) is 12.4 Å². The number of ether oxygens (including phenoxy) is 1. The number of nitrogens with zero attached hydrogens (tertiary/aromatic N) is 2. The highest BCUT2D eigenvalue weighted by Gasteiger charge is 2.24. The summed E-state index contributed by atoms with van der Waals surface area (Å²) in [4.78, 5) is 15.7. The molecule has 1 aliphatic heterocycles. The number of carbonyl (C=O) groups is 1. The Labute approximate surface area is 103 Å². The van der Waals surface area contributed by atoms with Gasteiger partial charge in [-0.05, 0) is 20.9 Å². The van der Waals surface area contributed by atoms with Crippen LogP contribution in [0.15, 0.2) is 0 Å². The van der Waals surface area contributed by atoms with E-state index >= 15 is 0 Å². The van der Waals surface area contributed by atoms with Gasteiger partial charge in [0.2, 0.25) is 0 Å². The molecule has 17 heavy (non-hydrogen) atoms. The van der Waals surface area contributed by atoms with Gasteiger partial charge < -0.3 is 14.7 Å². The van der Waals surface area contributed by atoms with Crippen molar-refractivity contribution < 1.29 is 14.6 Å². The molecule has 0 amide bonds. The predicted octanol–water partition coefficient (Wildman–Crippen LogP) is -0.0636. The van der Waals surface area contributed by atoms with Gasteiger partial charge in [-0.25, -0.2) is 0 Å². The fourth-order valence-electron chi connectivity index (χ4n) is 2.20. The van der Waals surface area contributed by atoms with Crippen molar-refractivity contribution in [2.75, 3.05) is 39.8 Å². The fourth-order valence-corrected chi connectivity index (χ4v) is 2.20. The lowest BCUT2D eigenvalue weighted by atomic mass is 10.1. The summed E-state index contributed by atoms with van der Waals surface area (Å²) < 4.78 is 4.82. The van der Waals surface area contributed by atoms with Gasteiger partial charge in [-0.1, -0.05) is 0 Å². The van der Waals surface area contributed by atoms with Crippen LogP contribution in [-0.4, -0.2) is 72.9 Å². The van der Waals surface area contributed by atoms with Crippen LogP contribution in [0, 0.1) is 0 Å². The highest BCUT2D eigenvalue weighted by atomic mass is 16.5. The van der Waals surface area contributed by atoms with Crippen LogP contribution in [0.4, 0.5) is 0 Å². The molecule has 2 atom stereocenters. The molecule has 1 saturated heterocycles. The van der Waals surface area contributed by atoms with Crippen molar-refractivity contribution in [2.45, 2.75) is 32.4 Å². The molecule has 100 valence electrons. The number of hydrogen-bond donors (Lipinski definition) is 1. The summed E-state index contributed by atoms with van der Waals surface area (Å²) in [7, 11) is 2.10. The van der Waals surface area contributed by atoms with Gasteiger partial charge in [0, 0.05) is 32.2 Å². The Morgan fingerprint density at radius 1 is 1.53 bits per heavy atom. The van der Waals surface area contributed by atoms with Gasteiger partial charge in [0.25, 0.3) is 0 Å². The average molecular weight is 244 g/mol. The lowest BCUT2D eigenvalue weighted by Gasteiger charge is -2.39. The molecule has 5 nitrogen and oxygen atoms in total. The number of aliphatic hydroxyl groups excluding tert-OH is 1. The van der Waals surface area contributed by atoms with Crippen LogP contribution in [0.2, 0.25) is 0 Å². The van der Waals surface area contributed by atoms with Crippen molar-refractivity contribution in [3.63, 3.8) is 0 Å². The molecule has 0 aromatic heterocycles. The zero-order chi connectivity index (χ0) is 12.8. The van der Waals surface area contributed by atoms with Crippen LogP contribution in [-0.2, 0) is 9.53 Å². The number of aliphatic hydroxyl groups is 1. The van der Waals surface area contributed by atoms with Gasteiger partial charge in [-0.3, -0.25) is 9.69 Å². The van der Waals surface area contributed by atoms with E-state index in [9.17, 15) is 9.90 Å². The molecule has 1 fully saturated rings. The van der Waals surface area contributed by atoms with Crippen LogP contribution in [0.25, 0.3) is 0 Å². The molecule has 0 aromatic rings. The maximum absolute atomic E-state index is 11.2. The van der Waals surface area contributed by atoms with Crippen molar-refractivity contribution in [2.24, 2.45) is 0 Å². The predicted molar refractivity (Wildman–Crippen MR) is 65.8 cm³/mol. The van der Waals surface area contributed by atoms with Crippen molar-refractivity contribution in [3.8, 4) is 0 Å². The Morgan fingerprint density at radius 3 is 2.82 bits per heavy atom. The number of β-amino-alcohol motifs (C(OH)–C–C–N with tert-alkyl or cyclic N) is 1. The Morgan fingerprint density at radius 2 is 2.24 bits per heavy atom. The second kappa shape index (κ2) is 6.93. The normalized spacial score (nSPS) is 24.6.